The first kappa shape index (κ1) is 13.5. The molecule has 0 aromatic heterocycles. The van der Waals surface area contributed by atoms with E-state index in [1.807, 2.05) is 13.0 Å². The van der Waals surface area contributed by atoms with Gasteiger partial charge in [-0.1, -0.05) is 6.07 Å². The van der Waals surface area contributed by atoms with E-state index in [0.717, 1.165) is 30.5 Å². The summed E-state index contributed by atoms with van der Waals surface area (Å²) in [4.78, 5) is 0. The topological polar surface area (TPSA) is 30.5 Å². The van der Waals surface area contributed by atoms with E-state index in [1.54, 1.807) is 20.3 Å². The molecule has 100 valence electrons. The highest BCUT2D eigenvalue weighted by Crippen LogP contribution is 2.34. The zero-order valence-electron chi connectivity index (χ0n) is 11.1. The molecule has 0 bridgehead atoms. The maximum Gasteiger partial charge on any atom is 0.170 e. The summed E-state index contributed by atoms with van der Waals surface area (Å²) < 4.78 is 24.1. The van der Waals surface area contributed by atoms with Gasteiger partial charge >= 0.3 is 0 Å². The lowest BCUT2D eigenvalue weighted by Crippen LogP contribution is -2.46. The van der Waals surface area contributed by atoms with Crippen molar-refractivity contribution in [1.29, 1.82) is 0 Å². The number of halogens is 1. The van der Waals surface area contributed by atoms with E-state index in [9.17, 15) is 4.39 Å². The molecule has 1 aliphatic heterocycles. The third-order valence-electron chi connectivity index (χ3n) is 3.76. The minimum atomic E-state index is -0.531. The van der Waals surface area contributed by atoms with E-state index in [0.29, 0.717) is 0 Å². The largest absolute Gasteiger partial charge is 0.353 e. The van der Waals surface area contributed by atoms with Gasteiger partial charge in [-0.2, -0.15) is 0 Å². The first-order valence-corrected chi connectivity index (χ1v) is 6.20. The number of hydrogen-bond donors (Lipinski definition) is 1. The van der Waals surface area contributed by atoms with Crippen LogP contribution in [0.25, 0.3) is 0 Å². The van der Waals surface area contributed by atoms with Gasteiger partial charge in [0.25, 0.3) is 0 Å². The molecule has 0 spiro atoms. The van der Waals surface area contributed by atoms with Crippen molar-refractivity contribution in [3.05, 3.63) is 35.1 Å². The second-order valence-electron chi connectivity index (χ2n) is 4.78. The van der Waals surface area contributed by atoms with Crippen molar-refractivity contribution in [2.45, 2.75) is 31.6 Å². The van der Waals surface area contributed by atoms with Gasteiger partial charge in [-0.15, -0.1) is 0 Å². The summed E-state index contributed by atoms with van der Waals surface area (Å²) in [6.45, 7) is 2.75. The lowest BCUT2D eigenvalue weighted by atomic mass is 9.90. The third-order valence-corrected chi connectivity index (χ3v) is 3.76. The fraction of sp³-hybridized carbons (Fsp3) is 0.571. The first-order valence-electron chi connectivity index (χ1n) is 6.20. The Hall–Kier alpha value is -0.970. The number of aryl methyl sites for hydroxylation is 1. The van der Waals surface area contributed by atoms with Gasteiger partial charge in [-0.25, -0.2) is 4.39 Å². The molecule has 0 saturated carbocycles. The molecule has 0 radical (unpaired) electrons. The highest BCUT2D eigenvalue weighted by Gasteiger charge is 2.37. The molecule has 1 aromatic rings. The van der Waals surface area contributed by atoms with Crippen LogP contribution in [0.3, 0.4) is 0 Å². The van der Waals surface area contributed by atoms with E-state index in [2.05, 4.69) is 5.32 Å². The average molecular weight is 253 g/mol. The number of nitrogens with one attached hydrogen (secondary N) is 1. The molecular weight excluding hydrogens is 233 g/mol. The van der Waals surface area contributed by atoms with Crippen LogP contribution in [-0.2, 0) is 9.47 Å². The van der Waals surface area contributed by atoms with Gasteiger partial charge in [-0.05, 0) is 30.2 Å². The predicted molar refractivity (Wildman–Crippen MR) is 67.9 cm³/mol. The monoisotopic (exact) mass is 253 g/mol. The Morgan fingerprint density at radius 1 is 1.33 bits per heavy atom. The smallest absolute Gasteiger partial charge is 0.170 e. The summed E-state index contributed by atoms with van der Waals surface area (Å²) in [5.41, 5.74) is 2.06. The molecule has 0 amide bonds. The molecule has 1 atom stereocenters. The Bertz CT molecular complexity index is 418. The molecule has 1 N–H and O–H groups in total. The van der Waals surface area contributed by atoms with Crippen molar-refractivity contribution < 1.29 is 13.9 Å². The number of hydrogen-bond acceptors (Lipinski definition) is 3. The van der Waals surface area contributed by atoms with Crippen LogP contribution in [0.4, 0.5) is 4.39 Å². The number of rotatable bonds is 3. The lowest BCUT2D eigenvalue weighted by molar-refractivity contribution is -0.225. The first-order chi connectivity index (χ1) is 8.60. The fourth-order valence-corrected chi connectivity index (χ4v) is 2.63. The highest BCUT2D eigenvalue weighted by molar-refractivity contribution is 5.30. The summed E-state index contributed by atoms with van der Waals surface area (Å²) >= 11 is 0. The SMILES string of the molecule is COC1(OC)CCN[C@H](c2ccc(F)cc2C)C1. The molecule has 3 nitrogen and oxygen atoms in total. The zero-order valence-corrected chi connectivity index (χ0v) is 11.1. The molecule has 1 aromatic carbocycles. The average Bonchev–Trinajstić information content (AvgIpc) is 2.38. The van der Waals surface area contributed by atoms with Crippen molar-refractivity contribution in [2.75, 3.05) is 20.8 Å². The van der Waals surface area contributed by atoms with E-state index in [-0.39, 0.29) is 11.9 Å². The maximum absolute atomic E-state index is 13.1. The highest BCUT2D eigenvalue weighted by atomic mass is 19.1. The van der Waals surface area contributed by atoms with Crippen LogP contribution in [-0.4, -0.2) is 26.6 Å². The second-order valence-corrected chi connectivity index (χ2v) is 4.78. The Morgan fingerprint density at radius 3 is 2.67 bits per heavy atom. The van der Waals surface area contributed by atoms with Gasteiger partial charge in [0, 0.05) is 39.6 Å². The van der Waals surface area contributed by atoms with E-state index in [4.69, 9.17) is 9.47 Å². The van der Waals surface area contributed by atoms with Gasteiger partial charge in [0.1, 0.15) is 5.82 Å². The van der Waals surface area contributed by atoms with Crippen molar-refractivity contribution >= 4 is 0 Å². The van der Waals surface area contributed by atoms with Gasteiger partial charge in [0.2, 0.25) is 0 Å². The van der Waals surface area contributed by atoms with Crippen LogP contribution in [0.15, 0.2) is 18.2 Å². The van der Waals surface area contributed by atoms with Crippen molar-refractivity contribution in [2.24, 2.45) is 0 Å². The predicted octanol–water partition coefficient (Wildman–Crippen LogP) is 2.55. The van der Waals surface area contributed by atoms with Crippen LogP contribution in [0, 0.1) is 12.7 Å². The molecule has 2 rings (SSSR count). The van der Waals surface area contributed by atoms with Gasteiger partial charge in [-0.3, -0.25) is 0 Å². The Morgan fingerprint density at radius 2 is 2.06 bits per heavy atom. The summed E-state index contributed by atoms with van der Waals surface area (Å²) in [5.74, 6) is -0.728. The molecule has 1 aliphatic rings. The van der Waals surface area contributed by atoms with Gasteiger partial charge in [0.15, 0.2) is 5.79 Å². The molecule has 0 unspecified atom stereocenters. The zero-order chi connectivity index (χ0) is 13.2. The van der Waals surface area contributed by atoms with Crippen molar-refractivity contribution in [1.82, 2.24) is 5.32 Å². The number of methoxy groups -OCH3 is 2. The molecule has 1 fully saturated rings. The summed E-state index contributed by atoms with van der Waals surface area (Å²) in [7, 11) is 3.34. The lowest BCUT2D eigenvalue weighted by Gasteiger charge is -2.39. The van der Waals surface area contributed by atoms with Crippen LogP contribution < -0.4 is 5.32 Å². The minimum absolute atomic E-state index is 0.138. The number of benzene rings is 1. The molecule has 1 saturated heterocycles. The Labute approximate surface area is 107 Å². The number of ether oxygens (including phenoxy) is 2. The van der Waals surface area contributed by atoms with E-state index < -0.39 is 5.79 Å². The van der Waals surface area contributed by atoms with Crippen molar-refractivity contribution in [3.8, 4) is 0 Å². The van der Waals surface area contributed by atoms with Gasteiger partial charge < -0.3 is 14.8 Å². The minimum Gasteiger partial charge on any atom is -0.353 e. The maximum atomic E-state index is 13.1. The summed E-state index contributed by atoms with van der Waals surface area (Å²) in [6, 6.07) is 5.04. The molecule has 1 heterocycles. The standard InChI is InChI=1S/C14H20FNO2/c1-10-8-11(15)4-5-12(10)13-9-14(17-2,18-3)6-7-16-13/h4-5,8,13,16H,6-7,9H2,1-3H3/t13-/m0/s1. The van der Waals surface area contributed by atoms with Crippen molar-refractivity contribution in [3.63, 3.8) is 0 Å². The van der Waals surface area contributed by atoms with E-state index in [1.165, 1.54) is 6.07 Å². The van der Waals surface area contributed by atoms with Crippen LogP contribution in [0.1, 0.15) is 30.0 Å². The molecule has 0 aliphatic carbocycles. The summed E-state index contributed by atoms with van der Waals surface area (Å²) in [5, 5.41) is 3.44. The van der Waals surface area contributed by atoms with Gasteiger partial charge in [0.05, 0.1) is 0 Å². The van der Waals surface area contributed by atoms with Crippen LogP contribution >= 0.6 is 0 Å². The van der Waals surface area contributed by atoms with E-state index >= 15 is 0 Å². The number of piperidine rings is 1. The fourth-order valence-electron chi connectivity index (χ4n) is 2.63. The quantitative estimate of drug-likeness (QED) is 0.840. The second kappa shape index (κ2) is 5.34. The molecule has 18 heavy (non-hydrogen) atoms. The summed E-state index contributed by atoms with van der Waals surface area (Å²) in [6.07, 6.45) is 1.54. The third kappa shape index (κ3) is 2.55. The molecular formula is C14H20FNO2. The normalized spacial score (nSPS) is 23.0. The van der Waals surface area contributed by atoms with Crippen LogP contribution in [0.5, 0.6) is 0 Å². The Balaban J connectivity index is 2.23. The van der Waals surface area contributed by atoms with Crippen LogP contribution in [0.2, 0.25) is 0 Å². The molecule has 4 heteroatoms. The Kier molecular flexibility index (Phi) is 4.00.